The van der Waals surface area contributed by atoms with Gasteiger partial charge in [-0.25, -0.2) is 0 Å². The Morgan fingerprint density at radius 2 is 1.81 bits per heavy atom. The highest BCUT2D eigenvalue weighted by Gasteiger charge is 2.15. The number of rotatable bonds is 6. The first-order valence-corrected chi connectivity index (χ1v) is 8.98. The van der Waals surface area contributed by atoms with Crippen LogP contribution in [-0.4, -0.2) is 31.7 Å². The number of carbonyl (C=O) groups is 2. The molecular weight excluding hydrogens is 370 g/mol. The van der Waals surface area contributed by atoms with E-state index in [0.717, 1.165) is 11.1 Å². The van der Waals surface area contributed by atoms with Crippen molar-refractivity contribution in [1.82, 2.24) is 5.32 Å². The molecular formula is C20H20ClNO5. The highest BCUT2D eigenvalue weighted by Crippen LogP contribution is 2.30. The van der Waals surface area contributed by atoms with Gasteiger partial charge in [0.1, 0.15) is 13.2 Å². The first-order valence-electron chi connectivity index (χ1n) is 8.60. The van der Waals surface area contributed by atoms with Crippen LogP contribution in [0, 0.1) is 0 Å². The lowest BCUT2D eigenvalue weighted by Crippen LogP contribution is -2.31. The number of fused-ring (bicyclic) bond motifs is 1. The Morgan fingerprint density at radius 3 is 2.56 bits per heavy atom. The number of ether oxygens (including phenoxy) is 3. The van der Waals surface area contributed by atoms with Gasteiger partial charge in [-0.05, 0) is 42.3 Å². The minimum atomic E-state index is -0.485. The van der Waals surface area contributed by atoms with Crippen molar-refractivity contribution in [2.24, 2.45) is 0 Å². The van der Waals surface area contributed by atoms with Crippen LogP contribution < -0.4 is 14.8 Å². The smallest absolute Gasteiger partial charge is 0.310 e. The van der Waals surface area contributed by atoms with Gasteiger partial charge in [0, 0.05) is 5.02 Å². The van der Waals surface area contributed by atoms with Crippen LogP contribution in [0.3, 0.4) is 0 Å². The maximum absolute atomic E-state index is 12.0. The van der Waals surface area contributed by atoms with Crippen LogP contribution in [0.5, 0.6) is 11.5 Å². The van der Waals surface area contributed by atoms with Crippen LogP contribution in [0.25, 0.3) is 0 Å². The van der Waals surface area contributed by atoms with Crippen LogP contribution in [0.15, 0.2) is 42.5 Å². The molecule has 2 aromatic rings. The second kappa shape index (κ2) is 8.77. The zero-order chi connectivity index (χ0) is 19.2. The van der Waals surface area contributed by atoms with Crippen LogP contribution in [0.1, 0.15) is 24.1 Å². The molecule has 0 radical (unpaired) electrons. The molecule has 27 heavy (non-hydrogen) atoms. The molecule has 1 aliphatic rings. The third-order valence-electron chi connectivity index (χ3n) is 4.07. The van der Waals surface area contributed by atoms with E-state index < -0.39 is 5.97 Å². The van der Waals surface area contributed by atoms with E-state index in [1.54, 1.807) is 30.3 Å². The molecule has 1 atom stereocenters. The first-order chi connectivity index (χ1) is 13.0. The maximum Gasteiger partial charge on any atom is 0.310 e. The molecule has 142 valence electrons. The van der Waals surface area contributed by atoms with E-state index >= 15 is 0 Å². The Kier molecular flexibility index (Phi) is 6.19. The summed E-state index contributed by atoms with van der Waals surface area (Å²) in [5.74, 6) is 0.420. The number of hydrogen-bond acceptors (Lipinski definition) is 5. The fourth-order valence-corrected chi connectivity index (χ4v) is 2.81. The zero-order valence-corrected chi connectivity index (χ0v) is 15.6. The maximum atomic E-state index is 12.0. The van der Waals surface area contributed by atoms with E-state index in [1.165, 1.54) is 0 Å². The van der Waals surface area contributed by atoms with Crippen molar-refractivity contribution in [1.29, 1.82) is 0 Å². The molecule has 0 aromatic heterocycles. The summed E-state index contributed by atoms with van der Waals surface area (Å²) in [6.45, 7) is 2.50. The number of halogens is 1. The van der Waals surface area contributed by atoms with E-state index in [9.17, 15) is 9.59 Å². The van der Waals surface area contributed by atoms with Gasteiger partial charge >= 0.3 is 5.97 Å². The predicted molar refractivity (Wildman–Crippen MR) is 100 cm³/mol. The molecule has 1 heterocycles. The molecule has 1 unspecified atom stereocenters. The predicted octanol–water partition coefficient (Wildman–Crippen LogP) is 3.07. The van der Waals surface area contributed by atoms with Crippen LogP contribution in [0.4, 0.5) is 0 Å². The van der Waals surface area contributed by atoms with E-state index in [2.05, 4.69) is 5.32 Å². The highest BCUT2D eigenvalue weighted by molar-refractivity contribution is 6.30. The Morgan fingerprint density at radius 1 is 1.11 bits per heavy atom. The average molecular weight is 390 g/mol. The van der Waals surface area contributed by atoms with Crippen LogP contribution >= 0.6 is 11.6 Å². The largest absolute Gasteiger partial charge is 0.486 e. The number of nitrogens with one attached hydrogen (secondary N) is 1. The normalized spacial score (nSPS) is 13.6. The van der Waals surface area contributed by atoms with Gasteiger partial charge in [0.2, 0.25) is 0 Å². The summed E-state index contributed by atoms with van der Waals surface area (Å²) in [5, 5.41) is 3.41. The molecule has 0 spiro atoms. The minimum absolute atomic E-state index is 0.0522. The van der Waals surface area contributed by atoms with Gasteiger partial charge in [0.15, 0.2) is 18.1 Å². The van der Waals surface area contributed by atoms with E-state index in [-0.39, 0.29) is 25.0 Å². The second-order valence-electron chi connectivity index (χ2n) is 6.16. The van der Waals surface area contributed by atoms with Crippen molar-refractivity contribution in [3.8, 4) is 11.5 Å². The summed E-state index contributed by atoms with van der Waals surface area (Å²) >= 11 is 5.85. The SMILES string of the molecule is CC(NC(=O)COC(=O)Cc1ccc2c(c1)OCCO2)c1ccc(Cl)cc1. The third kappa shape index (κ3) is 5.37. The van der Waals surface area contributed by atoms with Gasteiger partial charge in [0.05, 0.1) is 12.5 Å². The van der Waals surface area contributed by atoms with Crippen molar-refractivity contribution in [3.63, 3.8) is 0 Å². The van der Waals surface area contributed by atoms with Crippen molar-refractivity contribution in [2.75, 3.05) is 19.8 Å². The standard InChI is InChI=1S/C20H20ClNO5/c1-13(15-3-5-16(21)6-4-15)22-19(23)12-27-20(24)11-14-2-7-17-18(10-14)26-9-8-25-17/h2-7,10,13H,8-9,11-12H2,1H3,(H,22,23). The average Bonchev–Trinajstić information content (AvgIpc) is 2.67. The number of hydrogen-bond donors (Lipinski definition) is 1. The molecule has 2 aromatic carbocycles. The third-order valence-corrected chi connectivity index (χ3v) is 4.32. The number of amides is 1. The fraction of sp³-hybridized carbons (Fsp3) is 0.300. The summed E-state index contributed by atoms with van der Waals surface area (Å²) in [5.41, 5.74) is 1.65. The molecule has 0 bridgehead atoms. The number of benzene rings is 2. The Hall–Kier alpha value is -2.73. The molecule has 3 rings (SSSR count). The van der Waals surface area contributed by atoms with Gasteiger partial charge in [-0.1, -0.05) is 29.8 Å². The Labute approximate surface area is 162 Å². The zero-order valence-electron chi connectivity index (χ0n) is 14.9. The van der Waals surface area contributed by atoms with Crippen LogP contribution in [-0.2, 0) is 20.7 Å². The lowest BCUT2D eigenvalue weighted by atomic mass is 10.1. The number of esters is 1. The van der Waals surface area contributed by atoms with Crippen molar-refractivity contribution >= 4 is 23.5 Å². The monoisotopic (exact) mass is 389 g/mol. The molecule has 1 amide bonds. The highest BCUT2D eigenvalue weighted by atomic mass is 35.5. The second-order valence-corrected chi connectivity index (χ2v) is 6.59. The first kappa shape index (κ1) is 19.0. The summed E-state index contributed by atoms with van der Waals surface area (Å²) in [6.07, 6.45) is 0.0522. The molecule has 0 fully saturated rings. The van der Waals surface area contributed by atoms with Gasteiger partial charge in [0.25, 0.3) is 5.91 Å². The molecule has 6 nitrogen and oxygen atoms in total. The quantitative estimate of drug-likeness (QED) is 0.768. The number of carbonyl (C=O) groups excluding carboxylic acids is 2. The van der Waals surface area contributed by atoms with E-state index in [1.807, 2.05) is 19.1 Å². The summed E-state index contributed by atoms with van der Waals surface area (Å²) in [7, 11) is 0. The van der Waals surface area contributed by atoms with Crippen molar-refractivity contribution < 1.29 is 23.8 Å². The molecule has 0 aliphatic carbocycles. The summed E-state index contributed by atoms with van der Waals surface area (Å²) < 4.78 is 16.0. The van der Waals surface area contributed by atoms with E-state index in [4.69, 9.17) is 25.8 Å². The van der Waals surface area contributed by atoms with Crippen molar-refractivity contribution in [3.05, 3.63) is 58.6 Å². The van der Waals surface area contributed by atoms with Gasteiger partial charge in [-0.3, -0.25) is 9.59 Å². The lowest BCUT2D eigenvalue weighted by molar-refractivity contribution is -0.148. The fourth-order valence-electron chi connectivity index (χ4n) is 2.68. The minimum Gasteiger partial charge on any atom is -0.486 e. The molecule has 1 N–H and O–H groups in total. The Bertz CT molecular complexity index is 822. The van der Waals surface area contributed by atoms with Gasteiger partial charge < -0.3 is 19.5 Å². The molecule has 0 saturated carbocycles. The molecule has 0 saturated heterocycles. The van der Waals surface area contributed by atoms with Crippen molar-refractivity contribution in [2.45, 2.75) is 19.4 Å². The molecule has 7 heteroatoms. The van der Waals surface area contributed by atoms with Gasteiger partial charge in [-0.15, -0.1) is 0 Å². The summed E-state index contributed by atoms with van der Waals surface area (Å²) in [4.78, 5) is 24.0. The van der Waals surface area contributed by atoms with Gasteiger partial charge in [-0.2, -0.15) is 0 Å². The Balaban J connectivity index is 1.45. The van der Waals surface area contributed by atoms with Crippen LogP contribution in [0.2, 0.25) is 5.02 Å². The van der Waals surface area contributed by atoms with E-state index in [0.29, 0.717) is 29.7 Å². The molecule has 1 aliphatic heterocycles. The topological polar surface area (TPSA) is 73.9 Å². The summed E-state index contributed by atoms with van der Waals surface area (Å²) in [6, 6.07) is 12.3. The lowest BCUT2D eigenvalue weighted by Gasteiger charge is -2.18.